The summed E-state index contributed by atoms with van der Waals surface area (Å²) in [5.74, 6) is -0.668. The fraction of sp³-hybridized carbons (Fsp3) is 0.158. The lowest BCUT2D eigenvalue weighted by molar-refractivity contribution is -0.134. The molecule has 3 rings (SSSR count). The van der Waals surface area contributed by atoms with Crippen LogP contribution >= 0.6 is 11.3 Å². The molecule has 0 saturated carbocycles. The van der Waals surface area contributed by atoms with E-state index in [1.165, 1.54) is 7.11 Å². The van der Waals surface area contributed by atoms with Crippen LogP contribution in [0.5, 0.6) is 5.75 Å². The largest absolute Gasteiger partial charge is 0.465 e. The first-order chi connectivity index (χ1) is 11.7. The Morgan fingerprint density at radius 2 is 1.83 bits per heavy atom. The summed E-state index contributed by atoms with van der Waals surface area (Å²) in [4.78, 5) is 24.1. The number of hydrogen-bond acceptors (Lipinski definition) is 5. The van der Waals surface area contributed by atoms with Crippen LogP contribution in [-0.2, 0) is 16.0 Å². The van der Waals surface area contributed by atoms with Crippen LogP contribution in [0.3, 0.4) is 0 Å². The summed E-state index contributed by atoms with van der Waals surface area (Å²) in [5, 5.41) is 5.75. The summed E-state index contributed by atoms with van der Waals surface area (Å²) in [6, 6.07) is 12.9. The molecule has 0 fully saturated rings. The predicted octanol–water partition coefficient (Wildman–Crippen LogP) is 4.23. The molecule has 1 aromatic heterocycles. The van der Waals surface area contributed by atoms with Gasteiger partial charge >= 0.3 is 11.9 Å². The lowest BCUT2D eigenvalue weighted by Crippen LogP contribution is -2.12. The summed E-state index contributed by atoms with van der Waals surface area (Å²) in [7, 11) is 1.31. The van der Waals surface area contributed by atoms with Crippen molar-refractivity contribution in [3.8, 4) is 5.75 Å². The van der Waals surface area contributed by atoms with E-state index in [4.69, 9.17) is 9.47 Å². The van der Waals surface area contributed by atoms with Crippen molar-refractivity contribution in [2.45, 2.75) is 12.8 Å². The van der Waals surface area contributed by atoms with Gasteiger partial charge in [0.05, 0.1) is 13.5 Å². The Balaban J connectivity index is 1.83. The van der Waals surface area contributed by atoms with E-state index in [1.807, 2.05) is 41.1 Å². The number of carbonyl (C=O) groups is 2. The molecular formula is C19H16O4S. The molecule has 122 valence electrons. The van der Waals surface area contributed by atoms with Crippen LogP contribution in [0, 0.1) is 0 Å². The van der Waals surface area contributed by atoms with Gasteiger partial charge in [0.15, 0.2) is 0 Å². The third-order valence-corrected chi connectivity index (χ3v) is 4.41. The van der Waals surface area contributed by atoms with Crippen LogP contribution in [0.25, 0.3) is 10.8 Å². The third kappa shape index (κ3) is 3.63. The molecule has 2 aromatic carbocycles. The maximum absolute atomic E-state index is 12.1. The lowest BCUT2D eigenvalue weighted by atomic mass is 10.1. The summed E-state index contributed by atoms with van der Waals surface area (Å²) < 4.78 is 10.2. The van der Waals surface area contributed by atoms with Crippen LogP contribution in [0.2, 0.25) is 0 Å². The van der Waals surface area contributed by atoms with Crippen molar-refractivity contribution in [3.05, 3.63) is 64.4 Å². The van der Waals surface area contributed by atoms with E-state index in [1.54, 1.807) is 23.5 Å². The van der Waals surface area contributed by atoms with E-state index < -0.39 is 5.97 Å². The average molecular weight is 340 g/mol. The first-order valence-electron chi connectivity index (χ1n) is 7.50. The zero-order chi connectivity index (χ0) is 16.9. The van der Waals surface area contributed by atoms with Gasteiger partial charge < -0.3 is 9.47 Å². The first-order valence-corrected chi connectivity index (χ1v) is 8.44. The monoisotopic (exact) mass is 340 g/mol. The molecule has 0 aliphatic carbocycles. The van der Waals surface area contributed by atoms with Crippen molar-refractivity contribution in [1.82, 2.24) is 0 Å². The normalized spacial score (nSPS) is 10.5. The van der Waals surface area contributed by atoms with Gasteiger partial charge in [-0.25, -0.2) is 4.79 Å². The third-order valence-electron chi connectivity index (χ3n) is 3.67. The van der Waals surface area contributed by atoms with Crippen LogP contribution in [-0.4, -0.2) is 19.0 Å². The molecule has 0 spiro atoms. The second-order valence-electron chi connectivity index (χ2n) is 5.29. The highest BCUT2D eigenvalue weighted by Crippen LogP contribution is 2.27. The van der Waals surface area contributed by atoms with E-state index in [0.717, 1.165) is 16.3 Å². The standard InChI is InChI=1S/C19H16O4S/c1-22-19(21)16-10-14-4-2-3-5-15(14)11-17(16)23-18(20)7-6-13-8-9-24-12-13/h2-5,8-12H,6-7H2,1H3. The minimum Gasteiger partial charge on any atom is -0.465 e. The topological polar surface area (TPSA) is 52.6 Å². The molecule has 0 unspecified atom stereocenters. The molecule has 0 atom stereocenters. The number of benzene rings is 2. The van der Waals surface area contributed by atoms with Gasteiger partial charge in [-0.05, 0) is 51.7 Å². The van der Waals surface area contributed by atoms with Crippen molar-refractivity contribution in [3.63, 3.8) is 0 Å². The van der Waals surface area contributed by atoms with Crippen molar-refractivity contribution < 1.29 is 19.1 Å². The Kier molecular flexibility index (Phi) is 4.91. The number of methoxy groups -OCH3 is 1. The van der Waals surface area contributed by atoms with Crippen LogP contribution < -0.4 is 4.74 Å². The summed E-state index contributed by atoms with van der Waals surface area (Å²) >= 11 is 1.59. The highest BCUT2D eigenvalue weighted by Gasteiger charge is 2.17. The van der Waals surface area contributed by atoms with Crippen LogP contribution in [0.15, 0.2) is 53.2 Å². The number of esters is 2. The van der Waals surface area contributed by atoms with Crippen LogP contribution in [0.4, 0.5) is 0 Å². The van der Waals surface area contributed by atoms with Gasteiger partial charge in [-0.3, -0.25) is 4.79 Å². The molecule has 0 aliphatic rings. The van der Waals surface area contributed by atoms with E-state index in [2.05, 4.69) is 0 Å². The van der Waals surface area contributed by atoms with Crippen LogP contribution in [0.1, 0.15) is 22.3 Å². The Bertz CT molecular complexity index is 868. The van der Waals surface area contributed by atoms with Crippen molar-refractivity contribution in [2.75, 3.05) is 7.11 Å². The lowest BCUT2D eigenvalue weighted by Gasteiger charge is -2.10. The van der Waals surface area contributed by atoms with Gasteiger partial charge in [-0.2, -0.15) is 11.3 Å². The molecule has 0 aliphatic heterocycles. The summed E-state index contributed by atoms with van der Waals surface area (Å²) in [5.41, 5.74) is 1.35. The summed E-state index contributed by atoms with van der Waals surface area (Å²) in [6.07, 6.45) is 0.869. The number of rotatable bonds is 5. The molecule has 1 heterocycles. The molecule has 0 radical (unpaired) electrons. The molecule has 3 aromatic rings. The maximum Gasteiger partial charge on any atom is 0.341 e. The van der Waals surface area contributed by atoms with E-state index >= 15 is 0 Å². The van der Waals surface area contributed by atoms with Crippen molar-refractivity contribution >= 4 is 34.0 Å². The van der Waals surface area contributed by atoms with Crippen molar-refractivity contribution in [1.29, 1.82) is 0 Å². The molecule has 0 N–H and O–H groups in total. The molecular weight excluding hydrogens is 324 g/mol. The molecule has 0 amide bonds. The van der Waals surface area contributed by atoms with E-state index in [9.17, 15) is 9.59 Å². The zero-order valence-corrected chi connectivity index (χ0v) is 14.0. The number of hydrogen-bond donors (Lipinski definition) is 0. The highest BCUT2D eigenvalue weighted by molar-refractivity contribution is 7.07. The van der Waals surface area contributed by atoms with Gasteiger partial charge in [0, 0.05) is 0 Å². The molecule has 24 heavy (non-hydrogen) atoms. The highest BCUT2D eigenvalue weighted by atomic mass is 32.1. The van der Waals surface area contributed by atoms with Gasteiger partial charge in [0.25, 0.3) is 0 Å². The van der Waals surface area contributed by atoms with Gasteiger partial charge in [-0.1, -0.05) is 24.3 Å². The SMILES string of the molecule is COC(=O)c1cc2ccccc2cc1OC(=O)CCc1ccsc1. The smallest absolute Gasteiger partial charge is 0.341 e. The Labute approximate surface area is 143 Å². The van der Waals surface area contributed by atoms with Gasteiger partial charge in [0.2, 0.25) is 0 Å². The molecule has 5 heteroatoms. The van der Waals surface area contributed by atoms with E-state index in [0.29, 0.717) is 6.42 Å². The summed E-state index contributed by atoms with van der Waals surface area (Å²) in [6.45, 7) is 0. The second kappa shape index (κ2) is 7.27. The number of carbonyl (C=O) groups excluding carboxylic acids is 2. The van der Waals surface area contributed by atoms with E-state index in [-0.39, 0.29) is 23.7 Å². The van der Waals surface area contributed by atoms with Gasteiger partial charge in [0.1, 0.15) is 11.3 Å². The first kappa shape index (κ1) is 16.2. The Morgan fingerprint density at radius 1 is 1.08 bits per heavy atom. The van der Waals surface area contributed by atoms with Gasteiger partial charge in [-0.15, -0.1) is 0 Å². The molecule has 0 saturated heterocycles. The number of fused-ring (bicyclic) bond motifs is 1. The molecule has 0 bridgehead atoms. The quantitative estimate of drug-likeness (QED) is 0.515. The fourth-order valence-corrected chi connectivity index (χ4v) is 3.13. The predicted molar refractivity (Wildman–Crippen MR) is 93.6 cm³/mol. The molecule has 4 nitrogen and oxygen atoms in total. The number of ether oxygens (including phenoxy) is 2. The number of thiophene rings is 1. The Hall–Kier alpha value is -2.66. The zero-order valence-electron chi connectivity index (χ0n) is 13.2. The minimum atomic E-state index is -0.526. The van der Waals surface area contributed by atoms with Crippen molar-refractivity contribution in [2.24, 2.45) is 0 Å². The average Bonchev–Trinajstić information content (AvgIpc) is 3.12. The fourth-order valence-electron chi connectivity index (χ4n) is 2.43. The number of aryl methyl sites for hydroxylation is 1. The maximum atomic E-state index is 12.1. The Morgan fingerprint density at radius 3 is 2.50 bits per heavy atom. The minimum absolute atomic E-state index is 0.232. The second-order valence-corrected chi connectivity index (χ2v) is 6.07.